The third-order valence-electron chi connectivity index (χ3n) is 4.37. The fourth-order valence-electron chi connectivity index (χ4n) is 2.77. The van der Waals surface area contributed by atoms with Gasteiger partial charge in [0.15, 0.2) is 11.5 Å². The molecule has 3 aromatic carbocycles. The minimum atomic E-state index is -0.347. The van der Waals surface area contributed by atoms with Crippen molar-refractivity contribution in [1.29, 1.82) is 0 Å². The Kier molecular flexibility index (Phi) is 8.43. The average molecular weight is 548 g/mol. The lowest BCUT2D eigenvalue weighted by Crippen LogP contribution is -2.17. The first-order valence-electron chi connectivity index (χ1n) is 9.81. The minimum absolute atomic E-state index is 0.281. The molecule has 0 aliphatic rings. The Morgan fingerprint density at radius 3 is 2.53 bits per heavy atom. The number of rotatable bonds is 9. The van der Waals surface area contributed by atoms with E-state index in [2.05, 4.69) is 33.1 Å². The Morgan fingerprint density at radius 2 is 1.81 bits per heavy atom. The SMILES string of the molecule is CCOc1cc(/C=N\NC(=O)c2ccc(I)c(OC)c2)ccc1OCc1ccc(F)cc1. The molecule has 0 radical (unpaired) electrons. The molecule has 0 heterocycles. The summed E-state index contributed by atoms with van der Waals surface area (Å²) >= 11 is 2.14. The molecule has 0 saturated heterocycles. The van der Waals surface area contributed by atoms with Crippen molar-refractivity contribution in [3.8, 4) is 17.2 Å². The van der Waals surface area contributed by atoms with E-state index in [0.717, 1.165) is 14.7 Å². The fraction of sp³-hybridized carbons (Fsp3) is 0.167. The van der Waals surface area contributed by atoms with Gasteiger partial charge in [-0.25, -0.2) is 9.82 Å². The van der Waals surface area contributed by atoms with Crippen LogP contribution in [0.15, 0.2) is 65.8 Å². The fourth-order valence-corrected chi connectivity index (χ4v) is 3.32. The molecular weight excluding hydrogens is 526 g/mol. The number of carbonyl (C=O) groups excluding carboxylic acids is 1. The van der Waals surface area contributed by atoms with E-state index in [9.17, 15) is 9.18 Å². The summed E-state index contributed by atoms with van der Waals surface area (Å²) in [6.07, 6.45) is 1.52. The molecule has 32 heavy (non-hydrogen) atoms. The summed E-state index contributed by atoms with van der Waals surface area (Å²) in [6.45, 7) is 2.61. The van der Waals surface area contributed by atoms with Crippen molar-refractivity contribution >= 4 is 34.7 Å². The van der Waals surface area contributed by atoms with Crippen LogP contribution in [-0.2, 0) is 6.61 Å². The summed E-state index contributed by atoms with van der Waals surface area (Å²) in [5.74, 6) is 1.09. The van der Waals surface area contributed by atoms with Crippen molar-refractivity contribution < 1.29 is 23.4 Å². The van der Waals surface area contributed by atoms with Gasteiger partial charge in [-0.05, 0) is 89.2 Å². The minimum Gasteiger partial charge on any atom is -0.496 e. The molecular formula is C24H22FIN2O4. The molecule has 1 N–H and O–H groups in total. The Balaban J connectivity index is 1.65. The molecule has 0 unspecified atom stereocenters. The first-order chi connectivity index (χ1) is 15.5. The molecule has 1 amide bonds. The Labute approximate surface area is 199 Å². The molecule has 6 nitrogen and oxygen atoms in total. The Hall–Kier alpha value is -3.14. The summed E-state index contributed by atoms with van der Waals surface area (Å²) < 4.78 is 30.7. The molecule has 0 saturated carbocycles. The van der Waals surface area contributed by atoms with Crippen LogP contribution >= 0.6 is 22.6 Å². The predicted octanol–water partition coefficient (Wildman–Crippen LogP) is 5.18. The number of carbonyl (C=O) groups is 1. The monoisotopic (exact) mass is 548 g/mol. The highest BCUT2D eigenvalue weighted by atomic mass is 127. The first-order valence-corrected chi connectivity index (χ1v) is 10.9. The summed E-state index contributed by atoms with van der Waals surface area (Å²) in [5, 5.41) is 4.03. The van der Waals surface area contributed by atoms with E-state index in [1.165, 1.54) is 18.3 Å². The molecule has 8 heteroatoms. The number of nitrogens with zero attached hydrogens (tertiary/aromatic N) is 1. The highest BCUT2D eigenvalue weighted by molar-refractivity contribution is 14.1. The lowest BCUT2D eigenvalue weighted by Gasteiger charge is -2.12. The van der Waals surface area contributed by atoms with Crippen LogP contribution in [0.2, 0.25) is 0 Å². The maximum atomic E-state index is 13.1. The van der Waals surface area contributed by atoms with E-state index in [0.29, 0.717) is 29.4 Å². The summed E-state index contributed by atoms with van der Waals surface area (Å²) in [7, 11) is 1.56. The Bertz CT molecular complexity index is 1100. The molecule has 0 aliphatic carbocycles. The van der Waals surface area contributed by atoms with Crippen molar-refractivity contribution in [2.75, 3.05) is 13.7 Å². The van der Waals surface area contributed by atoms with Crippen LogP contribution in [0.4, 0.5) is 4.39 Å². The average Bonchev–Trinajstić information content (AvgIpc) is 2.80. The highest BCUT2D eigenvalue weighted by Crippen LogP contribution is 2.29. The highest BCUT2D eigenvalue weighted by Gasteiger charge is 2.09. The van der Waals surface area contributed by atoms with Crippen molar-refractivity contribution in [2.24, 2.45) is 5.10 Å². The topological polar surface area (TPSA) is 69.2 Å². The molecule has 0 aliphatic heterocycles. The second kappa shape index (κ2) is 11.5. The van der Waals surface area contributed by atoms with Gasteiger partial charge < -0.3 is 14.2 Å². The molecule has 0 spiro atoms. The van der Waals surface area contributed by atoms with Gasteiger partial charge in [0, 0.05) is 5.56 Å². The van der Waals surface area contributed by atoms with Gasteiger partial charge in [0.05, 0.1) is 23.5 Å². The zero-order valence-corrected chi connectivity index (χ0v) is 19.8. The standard InChI is InChI=1S/C24H22FIN2O4/c1-3-31-23-12-17(6-11-21(23)32-15-16-4-8-19(25)9-5-16)14-27-28-24(29)18-7-10-20(26)22(13-18)30-2/h4-14H,3,15H2,1-2H3,(H,28,29)/b27-14-. The molecule has 3 rings (SSSR count). The summed E-state index contributed by atoms with van der Waals surface area (Å²) in [6, 6.07) is 16.6. The number of methoxy groups -OCH3 is 1. The second-order valence-corrected chi connectivity index (χ2v) is 7.76. The molecule has 0 aromatic heterocycles. The second-order valence-electron chi connectivity index (χ2n) is 6.60. The van der Waals surface area contributed by atoms with Gasteiger partial charge in [-0.3, -0.25) is 4.79 Å². The third kappa shape index (κ3) is 6.43. The number of hydrogen-bond donors (Lipinski definition) is 1. The lowest BCUT2D eigenvalue weighted by molar-refractivity contribution is 0.0954. The number of ether oxygens (including phenoxy) is 3. The van der Waals surface area contributed by atoms with Crippen LogP contribution in [0.25, 0.3) is 0 Å². The zero-order chi connectivity index (χ0) is 22.9. The maximum Gasteiger partial charge on any atom is 0.271 e. The van der Waals surface area contributed by atoms with E-state index < -0.39 is 0 Å². The van der Waals surface area contributed by atoms with Gasteiger partial charge in [0.25, 0.3) is 5.91 Å². The summed E-state index contributed by atoms with van der Waals surface area (Å²) in [4.78, 5) is 12.3. The van der Waals surface area contributed by atoms with Crippen molar-refractivity contribution in [1.82, 2.24) is 5.43 Å². The van der Waals surface area contributed by atoms with Crippen molar-refractivity contribution in [3.05, 3.63) is 86.7 Å². The predicted molar refractivity (Wildman–Crippen MR) is 129 cm³/mol. The van der Waals surface area contributed by atoms with E-state index in [1.807, 2.05) is 6.92 Å². The number of amides is 1. The van der Waals surface area contributed by atoms with E-state index in [-0.39, 0.29) is 18.3 Å². The Morgan fingerprint density at radius 1 is 1.03 bits per heavy atom. The quantitative estimate of drug-likeness (QED) is 0.227. The van der Waals surface area contributed by atoms with Crippen molar-refractivity contribution in [2.45, 2.75) is 13.5 Å². The van der Waals surface area contributed by atoms with Crippen LogP contribution in [0.1, 0.15) is 28.4 Å². The van der Waals surface area contributed by atoms with E-state index in [4.69, 9.17) is 14.2 Å². The van der Waals surface area contributed by atoms with E-state index in [1.54, 1.807) is 55.6 Å². The smallest absolute Gasteiger partial charge is 0.271 e. The normalized spacial score (nSPS) is 10.8. The van der Waals surface area contributed by atoms with Crippen LogP contribution in [-0.4, -0.2) is 25.8 Å². The zero-order valence-electron chi connectivity index (χ0n) is 17.6. The molecule has 0 atom stereocenters. The number of nitrogens with one attached hydrogen (secondary N) is 1. The van der Waals surface area contributed by atoms with E-state index >= 15 is 0 Å². The number of hydrazone groups is 1. The molecule has 0 fully saturated rings. The third-order valence-corrected chi connectivity index (χ3v) is 5.26. The van der Waals surface area contributed by atoms with Crippen LogP contribution in [0.3, 0.4) is 0 Å². The molecule has 0 bridgehead atoms. The number of benzene rings is 3. The van der Waals surface area contributed by atoms with Gasteiger partial charge in [0.1, 0.15) is 18.2 Å². The van der Waals surface area contributed by atoms with Crippen molar-refractivity contribution in [3.63, 3.8) is 0 Å². The first kappa shape index (κ1) is 23.5. The number of halogens is 2. The van der Waals surface area contributed by atoms with Crippen LogP contribution in [0.5, 0.6) is 17.2 Å². The molecule has 166 valence electrons. The largest absolute Gasteiger partial charge is 0.496 e. The van der Waals surface area contributed by atoms with Crippen LogP contribution < -0.4 is 19.6 Å². The van der Waals surface area contributed by atoms with Gasteiger partial charge in [-0.2, -0.15) is 5.10 Å². The number of hydrogen-bond acceptors (Lipinski definition) is 5. The van der Waals surface area contributed by atoms with Gasteiger partial charge in [-0.15, -0.1) is 0 Å². The maximum absolute atomic E-state index is 13.1. The lowest BCUT2D eigenvalue weighted by atomic mass is 10.2. The molecule has 3 aromatic rings. The van der Waals surface area contributed by atoms with Crippen LogP contribution in [0, 0.1) is 9.39 Å². The summed E-state index contributed by atoms with van der Waals surface area (Å²) in [5.41, 5.74) is 4.52. The van der Waals surface area contributed by atoms with Gasteiger partial charge in [-0.1, -0.05) is 12.1 Å². The van der Waals surface area contributed by atoms with Gasteiger partial charge >= 0.3 is 0 Å². The van der Waals surface area contributed by atoms with Gasteiger partial charge in [0.2, 0.25) is 0 Å².